The quantitative estimate of drug-likeness (QED) is 0.863. The van der Waals surface area contributed by atoms with Gasteiger partial charge in [0.25, 0.3) is 0 Å². The molecule has 1 aromatic rings. The first-order valence-electron chi connectivity index (χ1n) is 6.48. The van der Waals surface area contributed by atoms with Crippen LogP contribution < -0.4 is 11.1 Å². The van der Waals surface area contributed by atoms with Crippen LogP contribution in [0.3, 0.4) is 0 Å². The summed E-state index contributed by atoms with van der Waals surface area (Å²) >= 11 is 5.95. The maximum Gasteiger partial charge on any atom is 0.126 e. The highest BCUT2D eigenvalue weighted by molar-refractivity contribution is 6.30. The minimum absolute atomic E-state index is 0.233. The summed E-state index contributed by atoms with van der Waals surface area (Å²) in [6.45, 7) is 9.86. The van der Waals surface area contributed by atoms with Crippen molar-refractivity contribution in [1.82, 2.24) is 10.3 Å². The molecule has 0 aliphatic heterocycles. The number of nitrogens with zero attached hydrogens (tertiary/aromatic N) is 1. The van der Waals surface area contributed by atoms with Crippen LogP contribution in [0.15, 0.2) is 12.3 Å². The molecule has 4 heteroatoms. The van der Waals surface area contributed by atoms with Gasteiger partial charge in [-0.25, -0.2) is 4.98 Å². The molecule has 1 heterocycles. The third-order valence-electron chi connectivity index (χ3n) is 3.17. The standard InChI is InChI=1S/C14H24ClN3/c1-5-17-12(14(2,3)4)7-6-10-8-11(15)9-18-13(10)16/h8-9,12,17H,5-7H2,1-4H3,(H2,16,18). The normalized spacial score (nSPS) is 13.6. The highest BCUT2D eigenvalue weighted by Gasteiger charge is 2.23. The Morgan fingerprint density at radius 2 is 2.11 bits per heavy atom. The first-order chi connectivity index (χ1) is 8.34. The molecule has 0 aromatic carbocycles. The topological polar surface area (TPSA) is 50.9 Å². The van der Waals surface area contributed by atoms with Gasteiger partial charge in [-0.1, -0.05) is 39.3 Å². The van der Waals surface area contributed by atoms with Crippen molar-refractivity contribution in [1.29, 1.82) is 0 Å². The Bertz CT molecular complexity index is 385. The predicted octanol–water partition coefficient (Wildman–Crippen LogP) is 3.27. The van der Waals surface area contributed by atoms with E-state index in [9.17, 15) is 0 Å². The van der Waals surface area contributed by atoms with Crippen LogP contribution in [0.5, 0.6) is 0 Å². The summed E-state index contributed by atoms with van der Waals surface area (Å²) in [4.78, 5) is 4.09. The molecule has 0 bridgehead atoms. The van der Waals surface area contributed by atoms with Gasteiger partial charge in [-0.15, -0.1) is 0 Å². The van der Waals surface area contributed by atoms with Crippen LogP contribution in [-0.2, 0) is 6.42 Å². The van der Waals surface area contributed by atoms with Crippen LogP contribution in [-0.4, -0.2) is 17.6 Å². The van der Waals surface area contributed by atoms with Crippen LogP contribution in [0.4, 0.5) is 5.82 Å². The van der Waals surface area contributed by atoms with Crippen molar-refractivity contribution < 1.29 is 0 Å². The lowest BCUT2D eigenvalue weighted by atomic mass is 9.83. The number of nitrogens with one attached hydrogen (secondary N) is 1. The van der Waals surface area contributed by atoms with E-state index in [0.717, 1.165) is 24.9 Å². The van der Waals surface area contributed by atoms with Crippen molar-refractivity contribution in [3.8, 4) is 0 Å². The number of rotatable bonds is 5. The largest absolute Gasteiger partial charge is 0.383 e. The lowest BCUT2D eigenvalue weighted by Gasteiger charge is -2.31. The van der Waals surface area contributed by atoms with Gasteiger partial charge < -0.3 is 11.1 Å². The Kier molecular flexibility index (Phi) is 5.42. The molecule has 1 unspecified atom stereocenters. The van der Waals surface area contributed by atoms with E-state index in [1.165, 1.54) is 0 Å². The molecule has 0 spiro atoms. The van der Waals surface area contributed by atoms with E-state index in [1.54, 1.807) is 6.20 Å². The van der Waals surface area contributed by atoms with Crippen molar-refractivity contribution >= 4 is 17.4 Å². The zero-order valence-corrected chi connectivity index (χ0v) is 12.5. The maximum atomic E-state index is 5.95. The highest BCUT2D eigenvalue weighted by atomic mass is 35.5. The van der Waals surface area contributed by atoms with Crippen molar-refractivity contribution in [2.75, 3.05) is 12.3 Å². The molecular formula is C14H24ClN3. The molecule has 0 fully saturated rings. The molecule has 0 amide bonds. The Morgan fingerprint density at radius 3 is 2.67 bits per heavy atom. The van der Waals surface area contributed by atoms with E-state index in [4.69, 9.17) is 17.3 Å². The molecular weight excluding hydrogens is 246 g/mol. The molecule has 3 nitrogen and oxygen atoms in total. The van der Waals surface area contributed by atoms with Crippen LogP contribution in [0.25, 0.3) is 0 Å². The molecule has 18 heavy (non-hydrogen) atoms. The molecule has 0 saturated carbocycles. The summed E-state index contributed by atoms with van der Waals surface area (Å²) in [5, 5.41) is 4.18. The van der Waals surface area contributed by atoms with Crippen LogP contribution >= 0.6 is 11.6 Å². The van der Waals surface area contributed by atoms with E-state index in [1.807, 2.05) is 6.07 Å². The van der Waals surface area contributed by atoms with Gasteiger partial charge in [0, 0.05) is 12.2 Å². The van der Waals surface area contributed by atoms with E-state index >= 15 is 0 Å². The lowest BCUT2D eigenvalue weighted by molar-refractivity contribution is 0.258. The van der Waals surface area contributed by atoms with E-state index in [0.29, 0.717) is 16.9 Å². The van der Waals surface area contributed by atoms with Crippen molar-refractivity contribution in [2.45, 2.75) is 46.6 Å². The second kappa shape index (κ2) is 6.39. The fourth-order valence-corrected chi connectivity index (χ4v) is 2.26. The molecule has 1 rings (SSSR count). The lowest BCUT2D eigenvalue weighted by Crippen LogP contribution is -2.40. The molecule has 1 atom stereocenters. The molecule has 0 radical (unpaired) electrons. The van der Waals surface area contributed by atoms with E-state index in [2.05, 4.69) is 38.0 Å². The van der Waals surface area contributed by atoms with Crippen molar-refractivity contribution in [2.24, 2.45) is 5.41 Å². The number of anilines is 1. The van der Waals surface area contributed by atoms with Gasteiger partial charge in [0.15, 0.2) is 0 Å². The van der Waals surface area contributed by atoms with E-state index in [-0.39, 0.29) is 5.41 Å². The maximum absolute atomic E-state index is 5.95. The summed E-state index contributed by atoms with van der Waals surface area (Å²) in [6.07, 6.45) is 3.52. The summed E-state index contributed by atoms with van der Waals surface area (Å²) in [5.74, 6) is 0.587. The summed E-state index contributed by atoms with van der Waals surface area (Å²) in [6, 6.07) is 2.37. The number of pyridine rings is 1. The number of aromatic nitrogens is 1. The zero-order valence-electron chi connectivity index (χ0n) is 11.8. The minimum atomic E-state index is 0.233. The monoisotopic (exact) mass is 269 g/mol. The number of aryl methyl sites for hydroxylation is 1. The molecule has 0 aliphatic carbocycles. The first kappa shape index (κ1) is 15.3. The Labute approximate surface area is 115 Å². The molecule has 3 N–H and O–H groups in total. The van der Waals surface area contributed by atoms with Gasteiger partial charge >= 0.3 is 0 Å². The van der Waals surface area contributed by atoms with Gasteiger partial charge in [0.2, 0.25) is 0 Å². The molecule has 102 valence electrons. The smallest absolute Gasteiger partial charge is 0.126 e. The summed E-state index contributed by atoms with van der Waals surface area (Å²) < 4.78 is 0. The summed E-state index contributed by atoms with van der Waals surface area (Å²) in [7, 11) is 0. The Morgan fingerprint density at radius 1 is 1.44 bits per heavy atom. The molecule has 1 aromatic heterocycles. The summed E-state index contributed by atoms with van der Waals surface area (Å²) in [5.41, 5.74) is 7.14. The average molecular weight is 270 g/mol. The van der Waals surface area contributed by atoms with Gasteiger partial charge in [-0.2, -0.15) is 0 Å². The zero-order chi connectivity index (χ0) is 13.8. The Hall–Kier alpha value is -0.800. The van der Waals surface area contributed by atoms with Crippen LogP contribution in [0.2, 0.25) is 5.02 Å². The first-order valence-corrected chi connectivity index (χ1v) is 6.85. The number of nitrogens with two attached hydrogens (primary N) is 1. The number of nitrogen functional groups attached to an aromatic ring is 1. The Balaban J connectivity index is 2.70. The number of hydrogen-bond acceptors (Lipinski definition) is 3. The average Bonchev–Trinajstić information content (AvgIpc) is 2.27. The number of halogens is 1. The fraction of sp³-hybridized carbons (Fsp3) is 0.643. The van der Waals surface area contributed by atoms with Crippen molar-refractivity contribution in [3.63, 3.8) is 0 Å². The third-order valence-corrected chi connectivity index (χ3v) is 3.37. The van der Waals surface area contributed by atoms with Gasteiger partial charge in [0.1, 0.15) is 5.82 Å². The minimum Gasteiger partial charge on any atom is -0.383 e. The third kappa shape index (κ3) is 4.46. The van der Waals surface area contributed by atoms with Crippen molar-refractivity contribution in [3.05, 3.63) is 22.8 Å². The molecule has 0 saturated heterocycles. The predicted molar refractivity (Wildman–Crippen MR) is 78.9 cm³/mol. The highest BCUT2D eigenvalue weighted by Crippen LogP contribution is 2.25. The molecule has 0 aliphatic rings. The van der Waals surface area contributed by atoms with E-state index < -0.39 is 0 Å². The van der Waals surface area contributed by atoms with Gasteiger partial charge in [0.05, 0.1) is 5.02 Å². The SMILES string of the molecule is CCNC(CCc1cc(Cl)cnc1N)C(C)(C)C. The second-order valence-electron chi connectivity index (χ2n) is 5.71. The van der Waals surface area contributed by atoms with Gasteiger partial charge in [-0.3, -0.25) is 0 Å². The van der Waals surface area contributed by atoms with Gasteiger partial charge in [-0.05, 0) is 36.4 Å². The fourth-order valence-electron chi connectivity index (χ4n) is 2.08. The number of hydrogen-bond donors (Lipinski definition) is 2. The van der Waals surface area contributed by atoms with Crippen LogP contribution in [0.1, 0.15) is 39.7 Å². The van der Waals surface area contributed by atoms with Crippen LogP contribution in [0, 0.1) is 5.41 Å². The second-order valence-corrected chi connectivity index (χ2v) is 6.15.